The lowest BCUT2D eigenvalue weighted by molar-refractivity contribution is -0.143. The van der Waals surface area contributed by atoms with Gasteiger partial charge in [0, 0.05) is 12.8 Å². The number of carbonyl (C=O) groups excluding carboxylic acids is 2. The molecule has 0 aromatic rings. The molecule has 0 radical (unpaired) electrons. The monoisotopic (exact) mass is 816 g/mol. The minimum atomic E-state index is -0.856. The number of ether oxygens (including phenoxy) is 1. The number of carbonyl (C=O) groups is 2. The number of hydrogen-bond acceptors (Lipinski definition) is 5. The largest absolute Gasteiger partial charge is 0.466 e. The lowest BCUT2D eigenvalue weighted by Crippen LogP contribution is -2.45. The van der Waals surface area contributed by atoms with Crippen LogP contribution in [-0.2, 0) is 14.3 Å². The number of allylic oxidation sites excluding steroid dienone is 5. The van der Waals surface area contributed by atoms with E-state index in [1.54, 1.807) is 6.08 Å². The molecule has 0 aromatic carbocycles. The van der Waals surface area contributed by atoms with Gasteiger partial charge in [-0.25, -0.2) is 0 Å². The Morgan fingerprint density at radius 1 is 0.483 bits per heavy atom. The molecule has 0 aromatic heterocycles. The standard InChI is InChI=1S/C52H97NO5/c1-3-5-7-9-11-13-15-17-18-19-20-22-26-30-34-38-42-46-52(57)58-47-43-39-35-31-27-23-25-29-33-37-41-45-51(56)53-49(48-54)50(55)44-40-36-32-28-24-21-16-14-12-10-8-6-4-2/h11,13,17-18,40,44,49-50,54-55H,3-10,12,14-16,19-39,41-43,45-48H2,1-2H3,(H,53,56)/b13-11-,18-17-,44-40+. The fourth-order valence-corrected chi connectivity index (χ4v) is 7.49. The number of aliphatic hydroxyl groups is 2. The van der Waals surface area contributed by atoms with Crippen molar-refractivity contribution in [1.82, 2.24) is 5.32 Å². The molecule has 3 N–H and O–H groups in total. The van der Waals surface area contributed by atoms with Gasteiger partial charge in [0.25, 0.3) is 0 Å². The summed E-state index contributed by atoms with van der Waals surface area (Å²) in [5.74, 6) is -0.112. The van der Waals surface area contributed by atoms with Crippen LogP contribution in [0.25, 0.3) is 0 Å². The van der Waals surface area contributed by atoms with E-state index in [0.29, 0.717) is 19.4 Å². The van der Waals surface area contributed by atoms with Gasteiger partial charge >= 0.3 is 5.97 Å². The molecule has 0 saturated carbocycles. The number of esters is 1. The first-order valence-corrected chi connectivity index (χ1v) is 25.3. The molecule has 0 aliphatic carbocycles. The lowest BCUT2D eigenvalue weighted by atomic mass is 10.0. The fourth-order valence-electron chi connectivity index (χ4n) is 7.49. The Morgan fingerprint density at radius 3 is 1.34 bits per heavy atom. The topological polar surface area (TPSA) is 95.9 Å². The van der Waals surface area contributed by atoms with Gasteiger partial charge in [-0.2, -0.15) is 0 Å². The van der Waals surface area contributed by atoms with Crippen molar-refractivity contribution in [1.29, 1.82) is 0 Å². The van der Waals surface area contributed by atoms with E-state index in [1.807, 2.05) is 6.08 Å². The van der Waals surface area contributed by atoms with Crippen molar-refractivity contribution in [2.45, 2.75) is 270 Å². The molecule has 6 nitrogen and oxygen atoms in total. The third-order valence-electron chi connectivity index (χ3n) is 11.4. The molecule has 0 heterocycles. The molecule has 6 heteroatoms. The summed E-state index contributed by atoms with van der Waals surface area (Å²) in [7, 11) is 0. The Hall–Kier alpha value is -1.92. The van der Waals surface area contributed by atoms with Crippen LogP contribution in [0.1, 0.15) is 258 Å². The number of amides is 1. The summed E-state index contributed by atoms with van der Waals surface area (Å²) in [5.41, 5.74) is 0. The molecule has 2 atom stereocenters. The minimum absolute atomic E-state index is 0.0239. The Morgan fingerprint density at radius 2 is 0.862 bits per heavy atom. The van der Waals surface area contributed by atoms with Gasteiger partial charge in [-0.1, -0.05) is 217 Å². The van der Waals surface area contributed by atoms with Gasteiger partial charge in [-0.3, -0.25) is 9.59 Å². The summed E-state index contributed by atoms with van der Waals surface area (Å²) in [5, 5.41) is 23.0. The molecule has 0 rings (SSSR count). The van der Waals surface area contributed by atoms with Crippen LogP contribution in [-0.4, -0.2) is 47.4 Å². The molecular weight excluding hydrogens is 719 g/mol. The van der Waals surface area contributed by atoms with Crippen LogP contribution < -0.4 is 5.32 Å². The average Bonchev–Trinajstić information content (AvgIpc) is 3.22. The number of nitrogens with one attached hydrogen (secondary N) is 1. The van der Waals surface area contributed by atoms with Crippen molar-refractivity contribution in [3.8, 4) is 0 Å². The van der Waals surface area contributed by atoms with E-state index in [2.05, 4.69) is 43.5 Å². The number of hydrogen-bond donors (Lipinski definition) is 3. The molecule has 0 saturated heterocycles. The number of unbranched alkanes of at least 4 members (excludes halogenated alkanes) is 31. The molecule has 1 amide bonds. The van der Waals surface area contributed by atoms with Crippen molar-refractivity contribution in [3.05, 3.63) is 36.5 Å². The summed E-state index contributed by atoms with van der Waals surface area (Å²) in [6, 6.07) is -0.642. The number of rotatable bonds is 46. The maximum Gasteiger partial charge on any atom is 0.305 e. The lowest BCUT2D eigenvalue weighted by Gasteiger charge is -2.20. The van der Waals surface area contributed by atoms with Gasteiger partial charge in [-0.05, 0) is 64.2 Å². The predicted molar refractivity (Wildman–Crippen MR) is 250 cm³/mol. The first-order valence-electron chi connectivity index (χ1n) is 25.3. The maximum atomic E-state index is 12.4. The molecule has 0 spiro atoms. The fraction of sp³-hybridized carbons (Fsp3) is 0.846. The highest BCUT2D eigenvalue weighted by atomic mass is 16.5. The molecule has 0 aliphatic heterocycles. The van der Waals surface area contributed by atoms with Gasteiger partial charge < -0.3 is 20.3 Å². The smallest absolute Gasteiger partial charge is 0.305 e. The Labute approximate surface area is 360 Å². The summed E-state index contributed by atoms with van der Waals surface area (Å²) < 4.78 is 5.46. The second-order valence-corrected chi connectivity index (χ2v) is 17.1. The SMILES string of the molecule is CCCCC/C=C\C/C=C\CCCCCCCCCC(=O)OCCCCCCCCCCCCCC(=O)NC(CO)C(O)/C=C/CCCCCCCCCCCCC. The quantitative estimate of drug-likeness (QED) is 0.0323. The van der Waals surface area contributed by atoms with Gasteiger partial charge in [0.2, 0.25) is 5.91 Å². The van der Waals surface area contributed by atoms with Crippen LogP contribution in [0.15, 0.2) is 36.5 Å². The van der Waals surface area contributed by atoms with E-state index in [9.17, 15) is 19.8 Å². The molecule has 340 valence electrons. The summed E-state index contributed by atoms with van der Waals surface area (Å²) in [6.07, 6.45) is 57.0. The Kier molecular flexibility index (Phi) is 46.2. The van der Waals surface area contributed by atoms with E-state index >= 15 is 0 Å². The van der Waals surface area contributed by atoms with Crippen LogP contribution in [0.4, 0.5) is 0 Å². The van der Waals surface area contributed by atoms with E-state index in [-0.39, 0.29) is 18.5 Å². The van der Waals surface area contributed by atoms with Crippen molar-refractivity contribution < 1.29 is 24.5 Å². The zero-order valence-electron chi connectivity index (χ0n) is 38.5. The first kappa shape index (κ1) is 56.1. The van der Waals surface area contributed by atoms with E-state index in [0.717, 1.165) is 64.2 Å². The minimum Gasteiger partial charge on any atom is -0.466 e. The van der Waals surface area contributed by atoms with E-state index < -0.39 is 12.1 Å². The normalized spacial score (nSPS) is 13.0. The molecule has 2 unspecified atom stereocenters. The second-order valence-electron chi connectivity index (χ2n) is 17.1. The van der Waals surface area contributed by atoms with Crippen LogP contribution in [0.2, 0.25) is 0 Å². The highest BCUT2D eigenvalue weighted by Crippen LogP contribution is 2.15. The second kappa shape index (κ2) is 47.8. The average molecular weight is 816 g/mol. The van der Waals surface area contributed by atoms with Crippen LogP contribution in [0.5, 0.6) is 0 Å². The molecule has 0 aliphatic rings. The van der Waals surface area contributed by atoms with Gasteiger partial charge in [0.05, 0.1) is 25.4 Å². The highest BCUT2D eigenvalue weighted by Gasteiger charge is 2.18. The molecule has 0 fully saturated rings. The number of aliphatic hydroxyl groups excluding tert-OH is 2. The van der Waals surface area contributed by atoms with Crippen LogP contribution >= 0.6 is 0 Å². The molecule has 0 bridgehead atoms. The van der Waals surface area contributed by atoms with E-state index in [4.69, 9.17) is 4.74 Å². The third-order valence-corrected chi connectivity index (χ3v) is 11.4. The van der Waals surface area contributed by atoms with Crippen molar-refractivity contribution in [3.63, 3.8) is 0 Å². The Balaban J connectivity index is 3.50. The van der Waals surface area contributed by atoms with Crippen molar-refractivity contribution in [2.75, 3.05) is 13.2 Å². The summed E-state index contributed by atoms with van der Waals surface area (Å²) in [4.78, 5) is 24.4. The first-order chi connectivity index (χ1) is 28.5. The van der Waals surface area contributed by atoms with Gasteiger partial charge in [0.1, 0.15) is 0 Å². The van der Waals surface area contributed by atoms with Crippen LogP contribution in [0.3, 0.4) is 0 Å². The predicted octanol–water partition coefficient (Wildman–Crippen LogP) is 14.9. The van der Waals surface area contributed by atoms with Gasteiger partial charge in [0.15, 0.2) is 0 Å². The van der Waals surface area contributed by atoms with Crippen LogP contribution in [0, 0.1) is 0 Å². The Bertz CT molecular complexity index is 946. The molecular formula is C52H97NO5. The van der Waals surface area contributed by atoms with Crippen molar-refractivity contribution >= 4 is 11.9 Å². The summed E-state index contributed by atoms with van der Waals surface area (Å²) >= 11 is 0. The van der Waals surface area contributed by atoms with Crippen molar-refractivity contribution in [2.24, 2.45) is 0 Å². The molecule has 58 heavy (non-hydrogen) atoms. The highest BCUT2D eigenvalue weighted by molar-refractivity contribution is 5.76. The van der Waals surface area contributed by atoms with Gasteiger partial charge in [-0.15, -0.1) is 0 Å². The maximum absolute atomic E-state index is 12.4. The zero-order valence-corrected chi connectivity index (χ0v) is 38.5. The third kappa shape index (κ3) is 43.7. The summed E-state index contributed by atoms with van der Waals surface area (Å²) in [6.45, 7) is 4.82. The van der Waals surface area contributed by atoms with E-state index in [1.165, 1.54) is 167 Å². The zero-order chi connectivity index (χ0) is 42.3.